The zero-order valence-corrected chi connectivity index (χ0v) is 18.1. The van der Waals surface area contributed by atoms with Crippen molar-refractivity contribution in [1.29, 1.82) is 0 Å². The summed E-state index contributed by atoms with van der Waals surface area (Å²) >= 11 is 1.37. The van der Waals surface area contributed by atoms with E-state index in [0.717, 1.165) is 17.7 Å². The van der Waals surface area contributed by atoms with Crippen molar-refractivity contribution >= 4 is 34.4 Å². The standard InChI is InChI=1S/C21H26N4O3S/c1-5-8-17(26)24-16(7-3)22-19-21(24)29-20(23-25(19)18(27)9-6-2)14-10-12-15(28-4)13-11-14/h10-13H,5-9H2,1-4H3. The first kappa shape index (κ1) is 21.1. The van der Waals surface area contributed by atoms with E-state index in [0.29, 0.717) is 47.4 Å². The number of ether oxygens (including phenoxy) is 1. The largest absolute Gasteiger partial charge is 0.497 e. The molecule has 1 aliphatic heterocycles. The maximum absolute atomic E-state index is 12.8. The Labute approximate surface area is 175 Å². The smallest absolute Gasteiger partial charge is 0.248 e. The van der Waals surface area contributed by atoms with Crippen LogP contribution >= 0.6 is 11.8 Å². The highest BCUT2D eigenvalue weighted by atomic mass is 32.2. The summed E-state index contributed by atoms with van der Waals surface area (Å²) in [5, 5.41) is 7.27. The number of benzene rings is 1. The lowest BCUT2D eigenvalue weighted by atomic mass is 10.2. The maximum atomic E-state index is 12.8. The number of hydrazone groups is 1. The van der Waals surface area contributed by atoms with Gasteiger partial charge in [-0.25, -0.2) is 4.98 Å². The number of carbonyl (C=O) groups excluding carboxylic acids is 2. The molecule has 7 nitrogen and oxygen atoms in total. The fourth-order valence-electron chi connectivity index (χ4n) is 3.08. The molecule has 1 aromatic carbocycles. The fraction of sp³-hybridized carbons (Fsp3) is 0.429. The molecular weight excluding hydrogens is 388 g/mol. The van der Waals surface area contributed by atoms with Crippen molar-refractivity contribution in [3.8, 4) is 5.75 Å². The molecule has 0 spiro atoms. The molecular formula is C21H26N4O3S. The number of imidazole rings is 1. The van der Waals surface area contributed by atoms with E-state index in [1.54, 1.807) is 11.7 Å². The highest BCUT2D eigenvalue weighted by Gasteiger charge is 2.33. The lowest BCUT2D eigenvalue weighted by Crippen LogP contribution is -2.30. The Hall–Kier alpha value is -2.61. The molecule has 0 N–H and O–H groups in total. The van der Waals surface area contributed by atoms with Crippen molar-refractivity contribution in [2.24, 2.45) is 5.10 Å². The number of aryl methyl sites for hydroxylation is 1. The number of carbonyl (C=O) groups is 2. The van der Waals surface area contributed by atoms with Gasteiger partial charge in [-0.2, -0.15) is 10.1 Å². The molecule has 0 bridgehead atoms. The Kier molecular flexibility index (Phi) is 6.74. The normalized spacial score (nSPS) is 13.1. The van der Waals surface area contributed by atoms with Gasteiger partial charge in [0.15, 0.2) is 5.82 Å². The van der Waals surface area contributed by atoms with Crippen LogP contribution in [0.2, 0.25) is 0 Å². The van der Waals surface area contributed by atoms with Crippen LogP contribution in [0.1, 0.15) is 62.6 Å². The number of methoxy groups -OCH3 is 1. The van der Waals surface area contributed by atoms with E-state index >= 15 is 0 Å². The lowest BCUT2D eigenvalue weighted by molar-refractivity contribution is -0.118. The second-order valence-corrected chi connectivity index (χ2v) is 7.66. The SMILES string of the molecule is CCCC(=O)N1N=C(c2ccc(OC)cc2)Sc2c1nc(CC)n2C(=O)CCC. The molecule has 0 fully saturated rings. The second kappa shape index (κ2) is 9.26. The molecule has 0 aliphatic carbocycles. The van der Waals surface area contributed by atoms with Gasteiger partial charge in [-0.05, 0) is 48.9 Å². The number of thioether (sulfide) groups is 1. The average Bonchev–Trinajstić information content (AvgIpc) is 3.12. The van der Waals surface area contributed by atoms with Gasteiger partial charge in [0.05, 0.1) is 7.11 Å². The molecule has 154 valence electrons. The molecule has 1 aliphatic rings. The van der Waals surface area contributed by atoms with Crippen molar-refractivity contribution in [2.45, 2.75) is 57.9 Å². The summed E-state index contributed by atoms with van der Waals surface area (Å²) < 4.78 is 6.89. The monoisotopic (exact) mass is 414 g/mol. The number of hydrogen-bond donors (Lipinski definition) is 0. The number of amides is 1. The van der Waals surface area contributed by atoms with E-state index in [9.17, 15) is 9.59 Å². The predicted molar refractivity (Wildman–Crippen MR) is 115 cm³/mol. The van der Waals surface area contributed by atoms with Crippen LogP contribution < -0.4 is 9.75 Å². The van der Waals surface area contributed by atoms with E-state index in [1.807, 2.05) is 45.0 Å². The third kappa shape index (κ3) is 4.22. The lowest BCUT2D eigenvalue weighted by Gasteiger charge is -2.23. The van der Waals surface area contributed by atoms with Gasteiger partial charge in [-0.15, -0.1) is 0 Å². The van der Waals surface area contributed by atoms with Gasteiger partial charge in [0, 0.05) is 24.8 Å². The number of fused-ring (bicyclic) bond motifs is 1. The average molecular weight is 415 g/mol. The number of rotatable bonds is 7. The maximum Gasteiger partial charge on any atom is 0.248 e. The molecule has 2 aromatic rings. The zero-order valence-electron chi connectivity index (χ0n) is 17.3. The molecule has 0 radical (unpaired) electrons. The minimum absolute atomic E-state index is 0.00975. The van der Waals surface area contributed by atoms with Crippen LogP contribution in [0.25, 0.3) is 0 Å². The Balaban J connectivity index is 2.11. The highest BCUT2D eigenvalue weighted by molar-refractivity contribution is 8.14. The van der Waals surface area contributed by atoms with Crippen LogP contribution in [0.15, 0.2) is 34.4 Å². The molecule has 8 heteroatoms. The van der Waals surface area contributed by atoms with Gasteiger partial charge in [-0.1, -0.05) is 20.8 Å². The summed E-state index contributed by atoms with van der Waals surface area (Å²) in [4.78, 5) is 30.2. The molecule has 0 saturated heterocycles. The van der Waals surface area contributed by atoms with Crippen LogP contribution in [0.3, 0.4) is 0 Å². The molecule has 2 heterocycles. The van der Waals surface area contributed by atoms with Crippen LogP contribution in [0.4, 0.5) is 5.82 Å². The van der Waals surface area contributed by atoms with Crippen molar-refractivity contribution in [3.05, 3.63) is 35.7 Å². The number of hydrogen-bond acceptors (Lipinski definition) is 6. The molecule has 1 amide bonds. The van der Waals surface area contributed by atoms with Gasteiger partial charge >= 0.3 is 0 Å². The first-order chi connectivity index (χ1) is 14.0. The first-order valence-corrected chi connectivity index (χ1v) is 10.7. The molecule has 0 unspecified atom stereocenters. The first-order valence-electron chi connectivity index (χ1n) is 9.92. The molecule has 0 saturated carbocycles. The van der Waals surface area contributed by atoms with Crippen molar-refractivity contribution in [2.75, 3.05) is 12.1 Å². The van der Waals surface area contributed by atoms with E-state index in [2.05, 4.69) is 10.1 Å². The Morgan fingerprint density at radius 2 is 1.69 bits per heavy atom. The summed E-state index contributed by atoms with van der Waals surface area (Å²) in [6, 6.07) is 7.49. The van der Waals surface area contributed by atoms with Gasteiger partial charge in [0.1, 0.15) is 21.6 Å². The minimum Gasteiger partial charge on any atom is -0.497 e. The minimum atomic E-state index is -0.129. The number of nitrogens with zero attached hydrogens (tertiary/aromatic N) is 4. The molecule has 1 aromatic heterocycles. The summed E-state index contributed by atoms with van der Waals surface area (Å²) in [5.74, 6) is 1.71. The van der Waals surface area contributed by atoms with Crippen molar-refractivity contribution < 1.29 is 14.3 Å². The molecule has 3 rings (SSSR count). The van der Waals surface area contributed by atoms with Gasteiger partial charge in [0.25, 0.3) is 0 Å². The van der Waals surface area contributed by atoms with Crippen LogP contribution in [-0.2, 0) is 11.2 Å². The summed E-state index contributed by atoms with van der Waals surface area (Å²) in [6.07, 6.45) is 2.84. The summed E-state index contributed by atoms with van der Waals surface area (Å²) in [7, 11) is 1.61. The van der Waals surface area contributed by atoms with Gasteiger partial charge in [-0.3, -0.25) is 14.2 Å². The van der Waals surface area contributed by atoms with E-state index < -0.39 is 0 Å². The van der Waals surface area contributed by atoms with Crippen LogP contribution in [0.5, 0.6) is 5.75 Å². The summed E-state index contributed by atoms with van der Waals surface area (Å²) in [5.41, 5.74) is 0.851. The zero-order chi connectivity index (χ0) is 21.0. The molecule has 29 heavy (non-hydrogen) atoms. The van der Waals surface area contributed by atoms with Crippen LogP contribution in [0, 0.1) is 0 Å². The third-order valence-electron chi connectivity index (χ3n) is 4.54. The Morgan fingerprint density at radius 3 is 2.28 bits per heavy atom. The topological polar surface area (TPSA) is 76.8 Å². The molecule has 0 atom stereocenters. The summed E-state index contributed by atoms with van der Waals surface area (Å²) in [6.45, 7) is 5.88. The predicted octanol–water partition coefficient (Wildman–Crippen LogP) is 4.50. The number of aromatic nitrogens is 2. The second-order valence-electron chi connectivity index (χ2n) is 6.68. The van der Waals surface area contributed by atoms with Gasteiger partial charge in [0.2, 0.25) is 11.8 Å². The Bertz CT molecular complexity index is 934. The highest BCUT2D eigenvalue weighted by Crippen LogP contribution is 2.39. The Morgan fingerprint density at radius 1 is 1.03 bits per heavy atom. The van der Waals surface area contributed by atoms with E-state index in [1.165, 1.54) is 16.8 Å². The van der Waals surface area contributed by atoms with Crippen LogP contribution in [-0.4, -0.2) is 33.5 Å². The van der Waals surface area contributed by atoms with Crippen molar-refractivity contribution in [3.63, 3.8) is 0 Å². The van der Waals surface area contributed by atoms with Crippen molar-refractivity contribution in [1.82, 2.24) is 9.55 Å². The fourth-order valence-corrected chi connectivity index (χ4v) is 4.16. The van der Waals surface area contributed by atoms with E-state index in [4.69, 9.17) is 4.74 Å². The quantitative estimate of drug-likeness (QED) is 0.667. The van der Waals surface area contributed by atoms with E-state index in [-0.39, 0.29) is 11.8 Å². The number of anilines is 1. The third-order valence-corrected chi connectivity index (χ3v) is 5.61. The van der Waals surface area contributed by atoms with Gasteiger partial charge < -0.3 is 4.74 Å².